The van der Waals surface area contributed by atoms with Crippen LogP contribution in [0.2, 0.25) is 0 Å². The van der Waals surface area contributed by atoms with E-state index >= 15 is 0 Å². The molecule has 0 saturated carbocycles. The maximum atomic E-state index is 12.8. The van der Waals surface area contributed by atoms with Crippen LogP contribution in [0, 0.1) is 55.4 Å². The first kappa shape index (κ1) is 110. The molecular weight excluding hydrogens is 1640 g/mol. The van der Waals surface area contributed by atoms with Crippen molar-refractivity contribution in [3.05, 3.63) is 292 Å². The zero-order valence-corrected chi connectivity index (χ0v) is 80.3. The molecule has 0 bridgehead atoms. The van der Waals surface area contributed by atoms with E-state index in [0.29, 0.717) is 31.7 Å². The number of rotatable bonds is 18. The number of para-hydroxylation sites is 4. The van der Waals surface area contributed by atoms with Crippen LogP contribution in [-0.2, 0) is 137 Å². The van der Waals surface area contributed by atoms with Crippen LogP contribution < -0.4 is 4.90 Å². The number of benzene rings is 4. The molecule has 0 aliphatic carbocycles. The van der Waals surface area contributed by atoms with Gasteiger partial charge in [0.15, 0.2) is 0 Å². The first-order valence-electron chi connectivity index (χ1n) is 37.7. The number of hydrogen-bond donors (Lipinski definition) is 0. The number of pyridine rings is 8. The van der Waals surface area contributed by atoms with Crippen LogP contribution in [0.25, 0.3) is 88.6 Å². The Morgan fingerprint density at radius 2 is 0.670 bits per heavy atom. The van der Waals surface area contributed by atoms with Crippen molar-refractivity contribution in [3.8, 4) is 45.0 Å². The number of carbonyl (C=O) groups is 1. The summed E-state index contributed by atoms with van der Waals surface area (Å²) in [5.74, 6) is -0.0845. The van der Waals surface area contributed by atoms with E-state index < -0.39 is 0 Å². The average molecular weight is 1770 g/mol. The van der Waals surface area contributed by atoms with Crippen LogP contribution in [0.15, 0.2) is 219 Å². The molecule has 1 unspecified atom stereocenters. The quantitative estimate of drug-likeness (QED) is 0.0757. The van der Waals surface area contributed by atoms with Gasteiger partial charge in [0.05, 0.1) is 50.4 Å². The smallest absolute Gasteiger partial charge is 0.249 e. The fourth-order valence-corrected chi connectivity index (χ4v) is 10.4. The van der Waals surface area contributed by atoms with Gasteiger partial charge in [-0.15, -0.1) is 52.4 Å². The molecule has 17 heteroatoms. The molecule has 0 saturated heterocycles. The molecule has 8 heterocycles. The van der Waals surface area contributed by atoms with E-state index in [-0.39, 0.29) is 143 Å². The maximum absolute atomic E-state index is 12.8. The van der Waals surface area contributed by atoms with Crippen molar-refractivity contribution < 1.29 is 136 Å². The van der Waals surface area contributed by atoms with Crippen LogP contribution in [0.1, 0.15) is 145 Å². The summed E-state index contributed by atoms with van der Waals surface area (Å²) in [6.45, 7) is 71.6. The van der Waals surface area contributed by atoms with E-state index in [1.165, 1.54) is 21.9 Å². The molecule has 12 rings (SSSR count). The second kappa shape index (κ2) is 67.2. The molecule has 0 spiro atoms. The molecule has 8 aromatic heterocycles. The van der Waals surface area contributed by atoms with E-state index in [0.717, 1.165) is 116 Å². The van der Waals surface area contributed by atoms with Crippen LogP contribution in [0.3, 0.4) is 0 Å². The van der Waals surface area contributed by atoms with E-state index in [4.69, 9.17) is 15.0 Å². The topological polar surface area (TPSA) is 133 Å². The SMILES string of the molecule is CC.CC.CC.CC.CC.CC.CC.CC.[CH2-]CN(C[CH2-])C(=O)c1cc(-c2cccnc2)nc2ccccc12.[CH2-]CN(C[CH2-])C(C)c1cc(-c2cccnc2)nc2ccccc12.[CH2-]CN(C[CH2-])Cc1cc(-c2cccnc2)nc2ccccc12.[CH2-]CN(C[CH2-])c1cc(-c2cccnc2)nc2ccccc12.[Y].[Y].[Y].[Y]. The zero-order valence-electron chi connectivity index (χ0n) is 69.0. The first-order valence-corrected chi connectivity index (χ1v) is 37.7. The number of amides is 1. The number of aromatic nitrogens is 8. The molecule has 0 aliphatic heterocycles. The second-order valence-corrected chi connectivity index (χ2v) is 20.6. The van der Waals surface area contributed by atoms with E-state index in [2.05, 4.69) is 163 Å². The molecule has 4 radical (unpaired) electrons. The molecule has 4 aromatic carbocycles. The Kier molecular flexibility index (Phi) is 67.9. The minimum atomic E-state index is -0.0845. The van der Waals surface area contributed by atoms with Gasteiger partial charge in [-0.05, 0) is 115 Å². The average Bonchev–Trinajstić information content (AvgIpc) is 0.800. The summed E-state index contributed by atoms with van der Waals surface area (Å²) in [6.07, 6.45) is 14.3. The van der Waals surface area contributed by atoms with E-state index in [1.807, 2.05) is 239 Å². The Bertz CT molecular complexity index is 4200. The van der Waals surface area contributed by atoms with Gasteiger partial charge in [-0.1, -0.05) is 184 Å². The molecule has 576 valence electrons. The molecule has 1 atom stereocenters. The third-order valence-electron chi connectivity index (χ3n) is 15.3. The number of nitrogens with zero attached hydrogens (tertiary/aromatic N) is 12. The van der Waals surface area contributed by atoms with Crippen molar-refractivity contribution in [1.29, 1.82) is 0 Å². The summed E-state index contributed by atoms with van der Waals surface area (Å²) >= 11 is 0. The monoisotopic (exact) mass is 1770 g/mol. The zero-order chi connectivity index (χ0) is 78.5. The summed E-state index contributed by atoms with van der Waals surface area (Å²) < 4.78 is 0. The normalized spacial score (nSPS) is 9.72. The van der Waals surface area contributed by atoms with Crippen LogP contribution in [0.5, 0.6) is 0 Å². The van der Waals surface area contributed by atoms with Gasteiger partial charge in [-0.2, -0.15) is 0 Å². The largest absolute Gasteiger partial charge is 0.431 e. The summed E-state index contributed by atoms with van der Waals surface area (Å²) in [7, 11) is 0. The molecule has 0 fully saturated rings. The number of fused-ring (bicyclic) bond motifs is 4. The molecular formula is C92H122N12OY4-8. The Hall–Kier alpha value is -5.27. The fourth-order valence-electron chi connectivity index (χ4n) is 10.4. The predicted octanol–water partition coefficient (Wildman–Crippen LogP) is 23.5. The van der Waals surface area contributed by atoms with Gasteiger partial charge in [0, 0.05) is 242 Å². The predicted molar refractivity (Wildman–Crippen MR) is 457 cm³/mol. The number of carbonyl (C=O) groups excluding carboxylic acids is 1. The molecule has 1 amide bonds. The fraction of sp³-hybridized carbons (Fsp3) is 0.293. The summed E-state index contributed by atoms with van der Waals surface area (Å²) in [4.78, 5) is 56.7. The maximum Gasteiger partial charge on any atom is 0.249 e. The Morgan fingerprint density at radius 3 is 1.03 bits per heavy atom. The van der Waals surface area contributed by atoms with Crippen molar-refractivity contribution in [2.24, 2.45) is 0 Å². The number of anilines is 1. The Morgan fingerprint density at radius 1 is 0.349 bits per heavy atom. The standard InChI is InChI=1S/C20H21N3.C19H17N3O.C19H19N3.C18H17N3.8C2H6.4Y/c1-4-23(5-2)15(3)18-13-20(16-9-8-12-21-14-16)22-19-11-7-6-10-17(18)19;1-3-22(4-2)19(23)16-12-18(14-8-7-11-20-13-14)21-17-10-6-5-9-15(16)17;1-3-22(4-2)14-16-12-19(15-8-7-11-20-13-15)21-18-10-6-5-9-17(16)18;1-3-21(4-2)18-12-17(14-8-7-11-19-13-14)20-16-10-6-5-9-15(16)18;8*1-2;;;;/h6-15H,1-2,4-5H2,3H3;5-13H,1-4H2;5-13H,1-4,14H2;5-13H,1-4H2;8*1-2H3;;;;/q4*-2;;;;;;;;;;;;. The third-order valence-corrected chi connectivity index (χ3v) is 15.3. The van der Waals surface area contributed by atoms with Crippen molar-refractivity contribution >= 4 is 55.2 Å². The first-order chi connectivity index (χ1) is 51.6. The Labute approximate surface area is 760 Å². The van der Waals surface area contributed by atoms with Crippen LogP contribution >= 0.6 is 0 Å². The minimum absolute atomic E-state index is 0. The van der Waals surface area contributed by atoms with E-state index in [1.54, 1.807) is 35.9 Å². The molecule has 0 aliphatic rings. The Balaban J connectivity index is -0.000000627. The van der Waals surface area contributed by atoms with Gasteiger partial charge in [-0.3, -0.25) is 24.7 Å². The van der Waals surface area contributed by atoms with E-state index in [9.17, 15) is 4.79 Å². The van der Waals surface area contributed by atoms with Crippen molar-refractivity contribution in [3.63, 3.8) is 0 Å². The van der Waals surface area contributed by atoms with Crippen LogP contribution in [0.4, 0.5) is 5.69 Å². The summed E-state index contributed by atoms with van der Waals surface area (Å²) in [5.41, 5.74) is 15.5. The molecule has 109 heavy (non-hydrogen) atoms. The van der Waals surface area contributed by atoms with Crippen molar-refractivity contribution in [1.82, 2.24) is 54.6 Å². The minimum Gasteiger partial charge on any atom is -0.431 e. The van der Waals surface area contributed by atoms with Gasteiger partial charge in [0.2, 0.25) is 5.91 Å². The van der Waals surface area contributed by atoms with Gasteiger partial charge in [-0.25, -0.2) is 19.9 Å². The van der Waals surface area contributed by atoms with Gasteiger partial charge in [0.1, 0.15) is 0 Å². The summed E-state index contributed by atoms with van der Waals surface area (Å²) in [6, 6.07) is 56.4. The molecule has 12 aromatic rings. The molecule has 0 N–H and O–H groups in total. The van der Waals surface area contributed by atoms with Crippen molar-refractivity contribution in [2.75, 3.05) is 57.3 Å². The second-order valence-electron chi connectivity index (χ2n) is 20.6. The van der Waals surface area contributed by atoms with Gasteiger partial charge >= 0.3 is 0 Å². The van der Waals surface area contributed by atoms with Gasteiger partial charge in [0.25, 0.3) is 0 Å². The van der Waals surface area contributed by atoms with Gasteiger partial charge < -0.3 is 75.0 Å². The third kappa shape index (κ3) is 34.1. The number of hydrogen-bond acceptors (Lipinski definition) is 12. The van der Waals surface area contributed by atoms with Crippen molar-refractivity contribution in [2.45, 2.75) is 130 Å². The van der Waals surface area contributed by atoms with Crippen LogP contribution in [-0.4, -0.2) is 113 Å². The summed E-state index contributed by atoms with van der Waals surface area (Å²) in [5, 5.41) is 4.32. The molecule has 13 nitrogen and oxygen atoms in total.